The van der Waals surface area contributed by atoms with Crippen LogP contribution in [0.3, 0.4) is 0 Å². The lowest BCUT2D eigenvalue weighted by Gasteiger charge is -2.35. The number of carbonyl (C=O) groups excluding carboxylic acids is 3. The molecule has 32 heavy (non-hydrogen) atoms. The Hall–Kier alpha value is -2.48. The average molecular weight is 455 g/mol. The zero-order chi connectivity index (χ0) is 22.3. The van der Waals surface area contributed by atoms with Crippen molar-refractivity contribution >= 4 is 39.4 Å². The van der Waals surface area contributed by atoms with Gasteiger partial charge in [-0.1, -0.05) is 25.5 Å². The van der Waals surface area contributed by atoms with E-state index in [0.717, 1.165) is 47.5 Å². The van der Waals surface area contributed by atoms with E-state index in [0.29, 0.717) is 37.8 Å². The Kier molecular flexibility index (Phi) is 5.65. The van der Waals surface area contributed by atoms with Gasteiger partial charge in [0.05, 0.1) is 15.2 Å². The molecule has 4 amide bonds. The Balaban J connectivity index is 1.18. The van der Waals surface area contributed by atoms with Crippen LogP contribution in [0, 0.1) is 5.92 Å². The molecule has 0 atom stereocenters. The normalized spacial score (nSPS) is 26.8. The summed E-state index contributed by atoms with van der Waals surface area (Å²) in [4.78, 5) is 46.3. The molecule has 2 aromatic rings. The van der Waals surface area contributed by atoms with E-state index in [-0.39, 0.29) is 18.4 Å². The number of urea groups is 1. The predicted octanol–water partition coefficient (Wildman–Crippen LogP) is 3.89. The predicted molar refractivity (Wildman–Crippen MR) is 123 cm³/mol. The maximum atomic E-state index is 13.1. The summed E-state index contributed by atoms with van der Waals surface area (Å²) in [5, 5.41) is 4.06. The minimum absolute atomic E-state index is 0.143. The van der Waals surface area contributed by atoms with Gasteiger partial charge in [0, 0.05) is 19.0 Å². The number of piperidine rings is 1. The van der Waals surface area contributed by atoms with Crippen molar-refractivity contribution in [1.82, 2.24) is 20.1 Å². The first-order valence-electron chi connectivity index (χ1n) is 11.8. The third-order valence-corrected chi connectivity index (χ3v) is 8.78. The number of para-hydroxylation sites is 1. The molecule has 170 valence electrons. The molecule has 1 spiro atoms. The van der Waals surface area contributed by atoms with Gasteiger partial charge in [-0.3, -0.25) is 14.5 Å². The van der Waals surface area contributed by atoms with Gasteiger partial charge in [-0.15, -0.1) is 11.3 Å². The van der Waals surface area contributed by atoms with E-state index in [1.165, 1.54) is 4.70 Å². The minimum atomic E-state index is -0.789. The number of fused-ring (bicyclic) bond motifs is 1. The fraction of sp³-hybridized carbons (Fsp3) is 0.583. The number of imide groups is 1. The molecule has 8 heteroatoms. The fourth-order valence-corrected chi connectivity index (χ4v) is 6.55. The molecule has 3 heterocycles. The van der Waals surface area contributed by atoms with Crippen LogP contribution >= 0.6 is 11.3 Å². The van der Waals surface area contributed by atoms with Crippen LogP contribution in [0.5, 0.6) is 0 Å². The number of likely N-dealkylation sites (tertiary alicyclic amines) is 1. The number of nitrogens with one attached hydrogen (secondary N) is 1. The lowest BCUT2D eigenvalue weighted by molar-refractivity contribution is -0.140. The van der Waals surface area contributed by atoms with E-state index in [4.69, 9.17) is 4.98 Å². The highest BCUT2D eigenvalue weighted by molar-refractivity contribution is 7.18. The lowest BCUT2D eigenvalue weighted by Crippen LogP contribution is -2.50. The molecule has 1 aromatic carbocycles. The van der Waals surface area contributed by atoms with Crippen LogP contribution in [0.2, 0.25) is 0 Å². The molecular weight excluding hydrogens is 424 g/mol. The quantitative estimate of drug-likeness (QED) is 0.711. The molecule has 1 saturated carbocycles. The molecular formula is C24H30N4O3S. The average Bonchev–Trinajstić information content (AvgIpc) is 3.35. The number of hydrogen-bond donors (Lipinski definition) is 1. The summed E-state index contributed by atoms with van der Waals surface area (Å²) in [5.74, 6) is 0.619. The second kappa shape index (κ2) is 8.46. The number of nitrogens with zero attached hydrogens (tertiary/aromatic N) is 3. The zero-order valence-corrected chi connectivity index (χ0v) is 19.3. The number of rotatable bonds is 4. The highest BCUT2D eigenvalue weighted by Crippen LogP contribution is 2.38. The van der Waals surface area contributed by atoms with Gasteiger partial charge in [0.15, 0.2) is 0 Å². The second-order valence-corrected chi connectivity index (χ2v) is 10.5. The number of aromatic nitrogens is 1. The van der Waals surface area contributed by atoms with E-state index in [1.54, 1.807) is 16.2 Å². The molecule has 5 rings (SSSR count). The van der Waals surface area contributed by atoms with Crippen LogP contribution in [0.4, 0.5) is 4.79 Å². The molecule has 7 nitrogen and oxygen atoms in total. The molecule has 3 aliphatic rings. The molecule has 2 aliphatic heterocycles. The smallest absolute Gasteiger partial charge is 0.325 e. The Bertz CT molecular complexity index is 1000. The van der Waals surface area contributed by atoms with Crippen molar-refractivity contribution in [2.75, 3.05) is 19.6 Å². The van der Waals surface area contributed by atoms with Crippen LogP contribution in [0.1, 0.15) is 62.8 Å². The van der Waals surface area contributed by atoms with Gasteiger partial charge in [-0.25, -0.2) is 9.78 Å². The number of amides is 4. The topological polar surface area (TPSA) is 82.6 Å². The summed E-state index contributed by atoms with van der Waals surface area (Å²) in [5.41, 5.74) is 0.245. The van der Waals surface area contributed by atoms with Gasteiger partial charge in [0.1, 0.15) is 12.1 Å². The maximum absolute atomic E-state index is 13.1. The van der Waals surface area contributed by atoms with Crippen molar-refractivity contribution in [2.24, 2.45) is 5.92 Å². The number of hydrogen-bond acceptors (Lipinski definition) is 5. The van der Waals surface area contributed by atoms with Gasteiger partial charge in [-0.2, -0.15) is 0 Å². The lowest BCUT2D eigenvalue weighted by atomic mass is 9.75. The molecule has 1 N–H and O–H groups in total. The summed E-state index contributed by atoms with van der Waals surface area (Å²) in [7, 11) is 0. The Morgan fingerprint density at radius 3 is 2.56 bits per heavy atom. The van der Waals surface area contributed by atoms with Gasteiger partial charge in [0.25, 0.3) is 5.91 Å². The van der Waals surface area contributed by atoms with Crippen LogP contribution in [-0.4, -0.2) is 57.8 Å². The molecule has 0 radical (unpaired) electrons. The summed E-state index contributed by atoms with van der Waals surface area (Å²) < 4.78 is 1.20. The summed E-state index contributed by atoms with van der Waals surface area (Å²) in [6.07, 6.45) is 6.06. The van der Waals surface area contributed by atoms with Gasteiger partial charge >= 0.3 is 6.03 Å². The first-order valence-corrected chi connectivity index (χ1v) is 12.6. The molecule has 1 aliphatic carbocycles. The van der Waals surface area contributed by atoms with Crippen molar-refractivity contribution in [3.05, 3.63) is 29.3 Å². The first-order chi connectivity index (χ1) is 15.5. The van der Waals surface area contributed by atoms with Crippen LogP contribution < -0.4 is 5.32 Å². The summed E-state index contributed by atoms with van der Waals surface area (Å²) >= 11 is 1.73. The van der Waals surface area contributed by atoms with Gasteiger partial charge < -0.3 is 10.2 Å². The summed E-state index contributed by atoms with van der Waals surface area (Å²) in [6, 6.07) is 7.74. The Morgan fingerprint density at radius 2 is 1.88 bits per heavy atom. The second-order valence-electron chi connectivity index (χ2n) is 9.43. The molecule has 0 bridgehead atoms. The van der Waals surface area contributed by atoms with Gasteiger partial charge in [-0.05, 0) is 56.6 Å². The summed E-state index contributed by atoms with van der Waals surface area (Å²) in [6.45, 7) is 3.27. The number of carbonyl (C=O) groups is 3. The molecule has 3 fully saturated rings. The fourth-order valence-electron chi connectivity index (χ4n) is 5.41. The third kappa shape index (κ3) is 3.78. The van der Waals surface area contributed by atoms with E-state index < -0.39 is 11.6 Å². The van der Waals surface area contributed by atoms with Crippen molar-refractivity contribution < 1.29 is 14.4 Å². The first kappa shape index (κ1) is 21.4. The monoisotopic (exact) mass is 454 g/mol. The highest BCUT2D eigenvalue weighted by Gasteiger charge is 2.52. The minimum Gasteiger partial charge on any atom is -0.341 e. The van der Waals surface area contributed by atoms with Crippen molar-refractivity contribution in [2.45, 2.75) is 63.3 Å². The van der Waals surface area contributed by atoms with E-state index in [9.17, 15) is 14.4 Å². The zero-order valence-electron chi connectivity index (χ0n) is 18.5. The van der Waals surface area contributed by atoms with Crippen molar-refractivity contribution in [1.29, 1.82) is 0 Å². The van der Waals surface area contributed by atoms with Crippen LogP contribution in [0.15, 0.2) is 24.3 Å². The molecule has 1 aromatic heterocycles. The van der Waals surface area contributed by atoms with Crippen molar-refractivity contribution in [3.8, 4) is 0 Å². The molecule has 0 unspecified atom stereocenters. The largest absolute Gasteiger partial charge is 0.341 e. The maximum Gasteiger partial charge on any atom is 0.325 e. The van der Waals surface area contributed by atoms with Crippen LogP contribution in [-0.2, 0) is 9.59 Å². The van der Waals surface area contributed by atoms with E-state index in [1.807, 2.05) is 18.2 Å². The number of thiazole rings is 1. The Morgan fingerprint density at radius 1 is 1.16 bits per heavy atom. The standard InChI is InChI=1S/C24H30N4O3S/c1-2-16-7-11-24(12-8-16)22(30)28(23(31)26-24)15-20(29)27-13-9-17(10-14-27)21-25-18-5-3-4-6-19(18)32-21/h3-6,16-17H,2,7-15H2,1H3,(H,26,31). The Labute approximate surface area is 192 Å². The molecule has 2 saturated heterocycles. The highest BCUT2D eigenvalue weighted by atomic mass is 32.1. The van der Waals surface area contributed by atoms with Crippen LogP contribution in [0.25, 0.3) is 10.2 Å². The van der Waals surface area contributed by atoms with Gasteiger partial charge in [0.2, 0.25) is 5.91 Å². The van der Waals surface area contributed by atoms with Crippen molar-refractivity contribution in [3.63, 3.8) is 0 Å². The third-order valence-electron chi connectivity index (χ3n) is 7.58. The van der Waals surface area contributed by atoms with E-state index in [2.05, 4.69) is 18.3 Å². The van der Waals surface area contributed by atoms with E-state index >= 15 is 0 Å². The SMILES string of the molecule is CCC1CCC2(CC1)NC(=O)N(CC(=O)N1CCC(c3nc4ccccc4s3)CC1)C2=O. The number of benzene rings is 1.